The molecule has 0 saturated carbocycles. The molecule has 0 unspecified atom stereocenters. The Balaban J connectivity index is 1.74. The predicted molar refractivity (Wildman–Crippen MR) is 145 cm³/mol. The Labute approximate surface area is 221 Å². The lowest BCUT2D eigenvalue weighted by Crippen LogP contribution is -2.38. The average Bonchev–Trinajstić information content (AvgIpc) is 2.92. The number of methoxy groups -OCH3 is 1. The molecule has 1 amide bonds. The summed E-state index contributed by atoms with van der Waals surface area (Å²) in [5.41, 5.74) is 1.32. The summed E-state index contributed by atoms with van der Waals surface area (Å²) in [5.74, 6) is 1.27. The van der Waals surface area contributed by atoms with Crippen molar-refractivity contribution >= 4 is 11.7 Å². The minimum Gasteiger partial charge on any atom is -0.494 e. The Morgan fingerprint density at radius 1 is 0.811 bits per heavy atom. The van der Waals surface area contributed by atoms with Gasteiger partial charge >= 0.3 is 0 Å². The van der Waals surface area contributed by atoms with E-state index in [0.717, 1.165) is 24.2 Å². The minimum absolute atomic E-state index is 0.0176. The van der Waals surface area contributed by atoms with Crippen molar-refractivity contribution in [2.45, 2.75) is 77.4 Å². The van der Waals surface area contributed by atoms with Gasteiger partial charge in [0.1, 0.15) is 18.1 Å². The number of ketones is 1. The molecule has 2 rings (SSSR count). The number of hydrogen-bond donors (Lipinski definition) is 2. The van der Waals surface area contributed by atoms with Gasteiger partial charge in [0.2, 0.25) is 5.91 Å². The number of aliphatic hydroxyl groups is 1. The topological polar surface area (TPSA) is 94.1 Å². The maximum absolute atomic E-state index is 12.5. The van der Waals surface area contributed by atoms with E-state index in [1.165, 1.54) is 12.8 Å². The number of amides is 1. The highest BCUT2D eigenvalue weighted by atomic mass is 16.5. The van der Waals surface area contributed by atoms with Gasteiger partial charge in [0.15, 0.2) is 5.78 Å². The summed E-state index contributed by atoms with van der Waals surface area (Å²) in [6, 6.07) is 14.0. The summed E-state index contributed by atoms with van der Waals surface area (Å²) >= 11 is 0. The molecule has 0 bridgehead atoms. The first kappa shape index (κ1) is 30.3. The van der Waals surface area contributed by atoms with Gasteiger partial charge < -0.3 is 24.6 Å². The zero-order valence-corrected chi connectivity index (χ0v) is 22.5. The van der Waals surface area contributed by atoms with Gasteiger partial charge in [0.25, 0.3) is 0 Å². The average molecular weight is 514 g/mol. The van der Waals surface area contributed by atoms with E-state index in [1.54, 1.807) is 31.4 Å². The van der Waals surface area contributed by atoms with Gasteiger partial charge in [0, 0.05) is 25.5 Å². The molecule has 2 N–H and O–H groups in total. The number of unbranched alkanes of at least 4 members (excludes halogenated alkanes) is 3. The Morgan fingerprint density at radius 2 is 1.46 bits per heavy atom. The van der Waals surface area contributed by atoms with Gasteiger partial charge in [-0.15, -0.1) is 0 Å². The third-order valence-corrected chi connectivity index (χ3v) is 6.20. The summed E-state index contributed by atoms with van der Waals surface area (Å²) in [6.45, 7) is 5.74. The number of carbonyl (C=O) groups excluding carboxylic acids is 2. The second kappa shape index (κ2) is 17.5. The number of Topliss-reactive ketones (excluding diaryl/α,β-unsaturated/α-hetero) is 1. The number of aliphatic hydroxyl groups excluding tert-OH is 1. The lowest BCUT2D eigenvalue weighted by atomic mass is 9.99. The molecule has 37 heavy (non-hydrogen) atoms. The molecule has 0 radical (unpaired) electrons. The Kier molecular flexibility index (Phi) is 14.4. The molecular formula is C30H43NO6. The van der Waals surface area contributed by atoms with E-state index in [9.17, 15) is 14.7 Å². The molecule has 204 valence electrons. The SMILES string of the molecule is CCCCCCOc1ccc([C@@H](O)[C@@H](CC)NC(=O)CCCC(=O)c2ccc(OCCOC)cc2)cc1. The van der Waals surface area contributed by atoms with Gasteiger partial charge in [-0.2, -0.15) is 0 Å². The van der Waals surface area contributed by atoms with Gasteiger partial charge in [0.05, 0.1) is 25.4 Å². The third-order valence-electron chi connectivity index (χ3n) is 6.20. The molecule has 0 spiro atoms. The summed E-state index contributed by atoms with van der Waals surface area (Å²) in [5, 5.41) is 13.7. The summed E-state index contributed by atoms with van der Waals surface area (Å²) < 4.78 is 16.2. The highest BCUT2D eigenvalue weighted by molar-refractivity contribution is 5.96. The Bertz CT molecular complexity index is 913. The van der Waals surface area contributed by atoms with Crippen LogP contribution in [0.4, 0.5) is 0 Å². The largest absolute Gasteiger partial charge is 0.494 e. The van der Waals surface area contributed by atoms with Crippen molar-refractivity contribution in [2.75, 3.05) is 26.9 Å². The van der Waals surface area contributed by atoms with Crippen LogP contribution in [-0.4, -0.2) is 49.8 Å². The first-order valence-electron chi connectivity index (χ1n) is 13.4. The maximum Gasteiger partial charge on any atom is 0.220 e. The number of ether oxygens (including phenoxy) is 3. The zero-order valence-electron chi connectivity index (χ0n) is 22.5. The molecule has 2 aromatic rings. The standard InChI is InChI=1S/C30H43NO6/c1-4-6-7-8-20-36-25-18-14-24(15-19-25)30(34)27(5-2)31-29(33)11-9-10-28(32)23-12-16-26(17-13-23)37-22-21-35-3/h12-19,27,30,34H,4-11,20-22H2,1-3H3,(H,31,33)/t27-,30-/m1/s1. The smallest absolute Gasteiger partial charge is 0.220 e. The van der Waals surface area contributed by atoms with Gasteiger partial charge in [-0.1, -0.05) is 45.2 Å². The first-order chi connectivity index (χ1) is 18.0. The molecule has 2 atom stereocenters. The van der Waals surface area contributed by atoms with Crippen molar-refractivity contribution in [1.29, 1.82) is 0 Å². The second-order valence-corrected chi connectivity index (χ2v) is 9.15. The maximum atomic E-state index is 12.5. The fourth-order valence-corrected chi connectivity index (χ4v) is 3.93. The fraction of sp³-hybridized carbons (Fsp3) is 0.533. The van der Waals surface area contributed by atoms with Crippen LogP contribution in [0.2, 0.25) is 0 Å². The molecule has 0 aromatic heterocycles. The normalized spacial score (nSPS) is 12.5. The van der Waals surface area contributed by atoms with Crippen molar-refractivity contribution < 1.29 is 28.9 Å². The Morgan fingerprint density at radius 3 is 2.08 bits per heavy atom. The Hall–Kier alpha value is -2.90. The van der Waals surface area contributed by atoms with Crippen LogP contribution in [0.1, 0.15) is 87.2 Å². The second-order valence-electron chi connectivity index (χ2n) is 9.15. The summed E-state index contributed by atoms with van der Waals surface area (Å²) in [7, 11) is 1.61. The molecule has 2 aromatic carbocycles. The van der Waals surface area contributed by atoms with Crippen LogP contribution in [0.5, 0.6) is 11.5 Å². The van der Waals surface area contributed by atoms with Crippen molar-refractivity contribution in [3.63, 3.8) is 0 Å². The molecule has 0 saturated heterocycles. The highest BCUT2D eigenvalue weighted by Crippen LogP contribution is 2.22. The summed E-state index contributed by atoms with van der Waals surface area (Å²) in [6.07, 6.45) is 5.30. The van der Waals surface area contributed by atoms with Crippen molar-refractivity contribution in [2.24, 2.45) is 0 Å². The summed E-state index contributed by atoms with van der Waals surface area (Å²) in [4.78, 5) is 25.0. The van der Waals surface area contributed by atoms with Crippen LogP contribution in [0.25, 0.3) is 0 Å². The lowest BCUT2D eigenvalue weighted by Gasteiger charge is -2.23. The molecule has 7 heteroatoms. The van der Waals surface area contributed by atoms with Crippen LogP contribution in [0, 0.1) is 0 Å². The molecule has 0 aliphatic rings. The number of carbonyl (C=O) groups is 2. The number of hydrogen-bond acceptors (Lipinski definition) is 6. The van der Waals surface area contributed by atoms with E-state index in [2.05, 4.69) is 12.2 Å². The lowest BCUT2D eigenvalue weighted by molar-refractivity contribution is -0.122. The van der Waals surface area contributed by atoms with Gasteiger partial charge in [-0.25, -0.2) is 0 Å². The van der Waals surface area contributed by atoms with Crippen molar-refractivity contribution in [3.8, 4) is 11.5 Å². The number of nitrogens with one attached hydrogen (secondary N) is 1. The van der Waals surface area contributed by atoms with E-state index in [1.807, 2.05) is 31.2 Å². The van der Waals surface area contributed by atoms with Crippen LogP contribution in [-0.2, 0) is 9.53 Å². The van der Waals surface area contributed by atoms with Crippen molar-refractivity contribution in [1.82, 2.24) is 5.32 Å². The van der Waals surface area contributed by atoms with Crippen LogP contribution in [0.3, 0.4) is 0 Å². The molecule has 0 heterocycles. The zero-order chi connectivity index (χ0) is 26.9. The molecule has 0 aliphatic heterocycles. The van der Waals surface area contributed by atoms with Crippen LogP contribution < -0.4 is 14.8 Å². The van der Waals surface area contributed by atoms with Crippen LogP contribution in [0.15, 0.2) is 48.5 Å². The number of rotatable bonds is 19. The first-order valence-corrected chi connectivity index (χ1v) is 13.4. The van der Waals surface area contributed by atoms with Gasteiger partial charge in [-0.05, 0) is 61.2 Å². The molecular weight excluding hydrogens is 470 g/mol. The van der Waals surface area contributed by atoms with E-state index in [4.69, 9.17) is 14.2 Å². The van der Waals surface area contributed by atoms with Crippen molar-refractivity contribution in [3.05, 3.63) is 59.7 Å². The van der Waals surface area contributed by atoms with E-state index in [0.29, 0.717) is 44.0 Å². The van der Waals surface area contributed by atoms with Gasteiger partial charge in [-0.3, -0.25) is 9.59 Å². The third kappa shape index (κ3) is 11.4. The molecule has 0 aliphatic carbocycles. The fourth-order valence-electron chi connectivity index (χ4n) is 3.93. The van der Waals surface area contributed by atoms with Crippen LogP contribution >= 0.6 is 0 Å². The predicted octanol–water partition coefficient (Wildman–Crippen LogP) is 5.65. The highest BCUT2D eigenvalue weighted by Gasteiger charge is 2.21. The van der Waals surface area contributed by atoms with E-state index in [-0.39, 0.29) is 24.5 Å². The minimum atomic E-state index is -0.821. The van der Waals surface area contributed by atoms with E-state index >= 15 is 0 Å². The van der Waals surface area contributed by atoms with E-state index < -0.39 is 12.1 Å². The monoisotopic (exact) mass is 513 g/mol. The number of benzene rings is 2. The molecule has 0 fully saturated rings. The molecule has 7 nitrogen and oxygen atoms in total. The quantitative estimate of drug-likeness (QED) is 0.186.